The van der Waals surface area contributed by atoms with Crippen molar-refractivity contribution in [3.05, 3.63) is 71.8 Å². The molecule has 2 aromatic carbocycles. The van der Waals surface area contributed by atoms with Gasteiger partial charge >= 0.3 is 0 Å². The molecule has 0 radical (unpaired) electrons. The van der Waals surface area contributed by atoms with E-state index in [1.54, 1.807) is 0 Å². The number of rotatable bonds is 9. The molecule has 0 aliphatic carbocycles. The molecule has 0 amide bonds. The highest BCUT2D eigenvalue weighted by Gasteiger charge is 2.25. The lowest BCUT2D eigenvalue weighted by atomic mass is 10.0. The molecule has 32 heavy (non-hydrogen) atoms. The van der Waals surface area contributed by atoms with E-state index >= 15 is 0 Å². The third kappa shape index (κ3) is 6.89. The summed E-state index contributed by atoms with van der Waals surface area (Å²) in [4.78, 5) is 10.5. The lowest BCUT2D eigenvalue weighted by Gasteiger charge is -2.39. The van der Waals surface area contributed by atoms with Crippen LogP contribution in [0.2, 0.25) is 0 Å². The van der Waals surface area contributed by atoms with E-state index in [9.17, 15) is 0 Å². The van der Waals surface area contributed by atoms with Crippen LogP contribution < -0.4 is 0 Å². The van der Waals surface area contributed by atoms with Crippen molar-refractivity contribution in [3.63, 3.8) is 0 Å². The molecule has 2 aromatic rings. The van der Waals surface area contributed by atoms with Crippen molar-refractivity contribution in [3.8, 4) is 0 Å². The summed E-state index contributed by atoms with van der Waals surface area (Å²) in [6.07, 6.45) is 5.19. The van der Waals surface area contributed by atoms with E-state index in [0.717, 1.165) is 25.2 Å². The second-order valence-electron chi connectivity index (χ2n) is 9.95. The summed E-state index contributed by atoms with van der Waals surface area (Å²) in [5, 5.41) is 0. The monoisotopic (exact) mass is 434 g/mol. The fourth-order valence-corrected chi connectivity index (χ4v) is 5.40. The van der Waals surface area contributed by atoms with Gasteiger partial charge in [0.05, 0.1) is 0 Å². The van der Waals surface area contributed by atoms with Crippen LogP contribution in [0.1, 0.15) is 36.8 Å². The minimum atomic E-state index is 0.739. The summed E-state index contributed by atoms with van der Waals surface area (Å²) in [7, 11) is 4.68. The first kappa shape index (κ1) is 23.4. The van der Waals surface area contributed by atoms with Gasteiger partial charge in [0.1, 0.15) is 0 Å². The van der Waals surface area contributed by atoms with Crippen molar-refractivity contribution >= 4 is 0 Å². The lowest BCUT2D eigenvalue weighted by molar-refractivity contribution is 0.0915. The van der Waals surface area contributed by atoms with E-state index in [4.69, 9.17) is 0 Å². The summed E-state index contributed by atoms with van der Waals surface area (Å²) in [6.45, 7) is 9.46. The van der Waals surface area contributed by atoms with Crippen LogP contribution in [0.25, 0.3) is 0 Å². The quantitative estimate of drug-likeness (QED) is 0.587. The molecule has 2 fully saturated rings. The molecule has 4 heteroatoms. The smallest absolute Gasteiger partial charge is 0.0233 e. The van der Waals surface area contributed by atoms with Crippen molar-refractivity contribution in [1.29, 1.82) is 0 Å². The highest BCUT2D eigenvalue weighted by atomic mass is 15.2. The van der Waals surface area contributed by atoms with E-state index in [-0.39, 0.29) is 0 Å². The second kappa shape index (κ2) is 11.9. The highest BCUT2D eigenvalue weighted by molar-refractivity contribution is 5.15. The number of hydrogen-bond acceptors (Lipinski definition) is 4. The largest absolute Gasteiger partial charge is 0.302 e. The molecule has 4 nitrogen and oxygen atoms in total. The fraction of sp³-hybridized carbons (Fsp3) is 0.571. The first-order valence-corrected chi connectivity index (χ1v) is 12.6. The summed E-state index contributed by atoms with van der Waals surface area (Å²) >= 11 is 0. The molecule has 4 rings (SSSR count). The van der Waals surface area contributed by atoms with Crippen LogP contribution in [-0.4, -0.2) is 85.0 Å². The maximum Gasteiger partial charge on any atom is 0.0233 e. The van der Waals surface area contributed by atoms with Gasteiger partial charge in [0.2, 0.25) is 0 Å². The Morgan fingerprint density at radius 1 is 0.594 bits per heavy atom. The van der Waals surface area contributed by atoms with Crippen LogP contribution in [0.15, 0.2) is 60.7 Å². The zero-order valence-electron chi connectivity index (χ0n) is 20.2. The van der Waals surface area contributed by atoms with Crippen LogP contribution in [-0.2, 0) is 13.1 Å². The van der Waals surface area contributed by atoms with Gasteiger partial charge in [0, 0.05) is 38.3 Å². The average Bonchev–Trinajstić information content (AvgIpc) is 2.84. The molecular formula is C28H42N4. The molecule has 0 N–H and O–H groups in total. The van der Waals surface area contributed by atoms with Crippen LogP contribution >= 0.6 is 0 Å². The number of likely N-dealkylation sites (N-methyl/N-ethyl adjacent to an activating group) is 2. The Labute approximate surface area is 195 Å². The molecule has 0 spiro atoms. The zero-order valence-corrected chi connectivity index (χ0v) is 20.2. The van der Waals surface area contributed by atoms with Gasteiger partial charge in [-0.3, -0.25) is 9.80 Å². The van der Waals surface area contributed by atoms with Gasteiger partial charge in [0.25, 0.3) is 0 Å². The van der Waals surface area contributed by atoms with Gasteiger partial charge in [-0.1, -0.05) is 60.7 Å². The normalized spacial score (nSPS) is 19.8. The maximum atomic E-state index is 2.63. The van der Waals surface area contributed by atoms with Crippen molar-refractivity contribution in [2.45, 2.75) is 50.9 Å². The van der Waals surface area contributed by atoms with E-state index < -0.39 is 0 Å². The maximum absolute atomic E-state index is 2.63. The molecule has 0 atom stereocenters. The van der Waals surface area contributed by atoms with Crippen molar-refractivity contribution in [2.75, 3.05) is 53.4 Å². The Morgan fingerprint density at radius 2 is 0.938 bits per heavy atom. The molecular weight excluding hydrogens is 392 g/mol. The molecule has 2 aliphatic heterocycles. The van der Waals surface area contributed by atoms with Gasteiger partial charge in [-0.25, -0.2) is 0 Å². The third-order valence-electron chi connectivity index (χ3n) is 7.66. The average molecular weight is 435 g/mol. The van der Waals surface area contributed by atoms with Gasteiger partial charge in [-0.15, -0.1) is 0 Å². The van der Waals surface area contributed by atoms with Crippen LogP contribution in [0.3, 0.4) is 0 Å². The van der Waals surface area contributed by atoms with Gasteiger partial charge in [-0.05, 0) is 77.1 Å². The Kier molecular flexibility index (Phi) is 8.75. The van der Waals surface area contributed by atoms with Crippen molar-refractivity contribution in [2.24, 2.45) is 0 Å². The van der Waals surface area contributed by atoms with Crippen molar-refractivity contribution < 1.29 is 0 Å². The molecule has 0 aromatic heterocycles. The molecule has 2 heterocycles. The predicted octanol–water partition coefficient (Wildman–Crippen LogP) is 4.18. The lowest BCUT2D eigenvalue weighted by Crippen LogP contribution is -2.47. The minimum absolute atomic E-state index is 0.739. The number of likely N-dealkylation sites (tertiary alicyclic amines) is 2. The molecule has 2 saturated heterocycles. The van der Waals surface area contributed by atoms with Gasteiger partial charge < -0.3 is 9.80 Å². The number of piperidine rings is 2. The first-order chi connectivity index (χ1) is 15.7. The summed E-state index contributed by atoms with van der Waals surface area (Å²) in [5.74, 6) is 0. The van der Waals surface area contributed by atoms with Gasteiger partial charge in [-0.2, -0.15) is 0 Å². The summed E-state index contributed by atoms with van der Waals surface area (Å²) in [5.41, 5.74) is 2.88. The standard InChI is InChI=1S/C28H42N4/c1-29(27-13-17-31(18-14-27)23-25-9-5-3-6-10-25)21-22-30(2)28-15-19-32(20-16-28)24-26-11-7-4-8-12-26/h3-12,27-28H,13-24H2,1-2H3. The molecule has 0 saturated carbocycles. The molecule has 174 valence electrons. The Hall–Kier alpha value is -1.72. The molecule has 0 bridgehead atoms. The third-order valence-corrected chi connectivity index (χ3v) is 7.66. The first-order valence-electron chi connectivity index (χ1n) is 12.6. The van der Waals surface area contributed by atoms with E-state index in [1.807, 2.05) is 0 Å². The summed E-state index contributed by atoms with van der Waals surface area (Å²) < 4.78 is 0. The van der Waals surface area contributed by atoms with Gasteiger partial charge in [0.15, 0.2) is 0 Å². The second-order valence-corrected chi connectivity index (χ2v) is 9.95. The Balaban J connectivity index is 1.12. The number of hydrogen-bond donors (Lipinski definition) is 0. The molecule has 2 aliphatic rings. The van der Waals surface area contributed by atoms with Crippen molar-refractivity contribution in [1.82, 2.24) is 19.6 Å². The number of benzene rings is 2. The van der Waals surface area contributed by atoms with Crippen LogP contribution in [0, 0.1) is 0 Å². The van der Waals surface area contributed by atoms with E-state index in [0.29, 0.717) is 0 Å². The molecule has 0 unspecified atom stereocenters. The van der Waals surface area contributed by atoms with E-state index in [1.165, 1.54) is 76.1 Å². The minimum Gasteiger partial charge on any atom is -0.302 e. The van der Waals surface area contributed by atoms with Crippen LogP contribution in [0.4, 0.5) is 0 Å². The Morgan fingerprint density at radius 3 is 1.28 bits per heavy atom. The fourth-order valence-electron chi connectivity index (χ4n) is 5.40. The number of nitrogens with zero attached hydrogens (tertiary/aromatic N) is 4. The van der Waals surface area contributed by atoms with Crippen LogP contribution in [0.5, 0.6) is 0 Å². The Bertz CT molecular complexity index is 697. The summed E-state index contributed by atoms with van der Waals surface area (Å²) in [6, 6.07) is 23.3. The SMILES string of the molecule is CN(CCN(C)C1CCN(Cc2ccccc2)CC1)C1CCN(Cc2ccccc2)CC1. The topological polar surface area (TPSA) is 13.0 Å². The van der Waals surface area contributed by atoms with E-state index in [2.05, 4.69) is 94.4 Å². The predicted molar refractivity (Wildman–Crippen MR) is 135 cm³/mol. The highest BCUT2D eigenvalue weighted by Crippen LogP contribution is 2.20. The zero-order chi connectivity index (χ0) is 22.2.